The zero-order chi connectivity index (χ0) is 10.9. The van der Waals surface area contributed by atoms with Crippen LogP contribution in [0.3, 0.4) is 0 Å². The van der Waals surface area contributed by atoms with Gasteiger partial charge < -0.3 is 10.2 Å². The predicted molar refractivity (Wildman–Crippen MR) is 56.2 cm³/mol. The molecule has 0 fully saturated rings. The summed E-state index contributed by atoms with van der Waals surface area (Å²) in [4.78, 5) is 10.6. The molecule has 0 heterocycles. The van der Waals surface area contributed by atoms with Gasteiger partial charge in [-0.1, -0.05) is 33.6 Å². The topological polar surface area (TPSA) is 57.5 Å². The Labute approximate surface area is 90.5 Å². The van der Waals surface area contributed by atoms with Crippen molar-refractivity contribution in [2.75, 3.05) is 0 Å². The van der Waals surface area contributed by atoms with Gasteiger partial charge in [0.25, 0.3) is 0 Å². The van der Waals surface area contributed by atoms with Gasteiger partial charge in [-0.05, 0) is 19.4 Å². The fourth-order valence-corrected chi connectivity index (χ4v) is 1.76. The van der Waals surface area contributed by atoms with E-state index in [1.54, 1.807) is 6.07 Å². The molecule has 76 valence electrons. The van der Waals surface area contributed by atoms with Crippen LogP contribution in [0.1, 0.15) is 22.8 Å². The van der Waals surface area contributed by atoms with Crippen molar-refractivity contribution in [1.29, 1.82) is 0 Å². The molecule has 0 aliphatic rings. The molecular formula is C10H11BrO3. The van der Waals surface area contributed by atoms with Crippen LogP contribution in [0.2, 0.25) is 0 Å². The second-order valence-electron chi connectivity index (χ2n) is 3.23. The van der Waals surface area contributed by atoms with Crippen molar-refractivity contribution in [3.8, 4) is 0 Å². The van der Waals surface area contributed by atoms with Crippen molar-refractivity contribution in [3.63, 3.8) is 0 Å². The molecular weight excluding hydrogens is 248 g/mol. The molecule has 3 nitrogen and oxygen atoms in total. The zero-order valence-electron chi connectivity index (χ0n) is 7.91. The molecule has 1 aromatic rings. The van der Waals surface area contributed by atoms with Crippen LogP contribution in [0.4, 0.5) is 0 Å². The van der Waals surface area contributed by atoms with Crippen LogP contribution >= 0.6 is 15.9 Å². The number of aliphatic hydroxyl groups is 1. The molecule has 0 saturated heterocycles. The average molecular weight is 259 g/mol. The highest BCUT2D eigenvalue weighted by molar-refractivity contribution is 9.10. The fraction of sp³-hybridized carbons (Fsp3) is 0.300. The van der Waals surface area contributed by atoms with E-state index in [-0.39, 0.29) is 0 Å². The first-order valence-electron chi connectivity index (χ1n) is 4.11. The SMILES string of the molecule is Cc1cc(C)c(Br)c(C(O)C(=O)O)c1. The third-order valence-corrected chi connectivity index (χ3v) is 3.04. The minimum absolute atomic E-state index is 0.398. The molecule has 0 saturated carbocycles. The second kappa shape index (κ2) is 4.11. The number of aliphatic carboxylic acids is 1. The van der Waals surface area contributed by atoms with Gasteiger partial charge in [0.15, 0.2) is 6.10 Å². The Morgan fingerprint density at radius 2 is 2.00 bits per heavy atom. The molecule has 0 bridgehead atoms. The lowest BCUT2D eigenvalue weighted by molar-refractivity contribution is -0.147. The first-order chi connectivity index (χ1) is 6.43. The molecule has 1 rings (SSSR count). The summed E-state index contributed by atoms with van der Waals surface area (Å²) >= 11 is 3.26. The fourth-order valence-electron chi connectivity index (χ4n) is 1.31. The number of aryl methyl sites for hydroxylation is 2. The number of rotatable bonds is 2. The van der Waals surface area contributed by atoms with Gasteiger partial charge in [0.1, 0.15) is 0 Å². The van der Waals surface area contributed by atoms with Gasteiger partial charge in [-0.25, -0.2) is 4.79 Å². The summed E-state index contributed by atoms with van der Waals surface area (Å²) in [5, 5.41) is 18.1. The van der Waals surface area contributed by atoms with E-state index in [1.165, 1.54) is 0 Å². The number of hydrogen-bond donors (Lipinski definition) is 2. The van der Waals surface area contributed by atoms with Gasteiger partial charge in [-0.2, -0.15) is 0 Å². The Kier molecular flexibility index (Phi) is 3.29. The largest absolute Gasteiger partial charge is 0.479 e. The van der Waals surface area contributed by atoms with E-state index < -0.39 is 12.1 Å². The van der Waals surface area contributed by atoms with Crippen LogP contribution in [0.5, 0.6) is 0 Å². The summed E-state index contributed by atoms with van der Waals surface area (Å²) in [6.07, 6.45) is -1.47. The number of carboxylic acids is 1. The lowest BCUT2D eigenvalue weighted by Gasteiger charge is -2.11. The molecule has 0 spiro atoms. The average Bonchev–Trinajstić information content (AvgIpc) is 2.09. The van der Waals surface area contributed by atoms with Crippen molar-refractivity contribution in [1.82, 2.24) is 0 Å². The van der Waals surface area contributed by atoms with Crippen molar-refractivity contribution in [2.45, 2.75) is 20.0 Å². The maximum atomic E-state index is 10.6. The summed E-state index contributed by atoms with van der Waals surface area (Å²) in [5.74, 6) is -1.24. The highest BCUT2D eigenvalue weighted by atomic mass is 79.9. The van der Waals surface area contributed by atoms with E-state index in [4.69, 9.17) is 5.11 Å². The standard InChI is InChI=1S/C10H11BrO3/c1-5-3-6(2)8(11)7(4-5)9(12)10(13)14/h3-4,9,12H,1-2H3,(H,13,14). The van der Waals surface area contributed by atoms with Crippen LogP contribution in [0, 0.1) is 13.8 Å². The van der Waals surface area contributed by atoms with Crippen molar-refractivity contribution < 1.29 is 15.0 Å². The van der Waals surface area contributed by atoms with Gasteiger partial charge in [0.05, 0.1) is 0 Å². The molecule has 0 aromatic heterocycles. The molecule has 1 unspecified atom stereocenters. The van der Waals surface area contributed by atoms with E-state index in [1.807, 2.05) is 19.9 Å². The van der Waals surface area contributed by atoms with Crippen LogP contribution in [0.15, 0.2) is 16.6 Å². The number of hydrogen-bond acceptors (Lipinski definition) is 2. The highest BCUT2D eigenvalue weighted by Gasteiger charge is 2.19. The van der Waals surface area contributed by atoms with E-state index in [9.17, 15) is 9.90 Å². The van der Waals surface area contributed by atoms with Gasteiger partial charge in [0, 0.05) is 10.0 Å². The predicted octanol–water partition coefficient (Wildman–Crippen LogP) is 2.18. The first kappa shape index (κ1) is 11.2. The van der Waals surface area contributed by atoms with E-state index in [0.29, 0.717) is 10.0 Å². The van der Waals surface area contributed by atoms with Crippen molar-refractivity contribution in [2.24, 2.45) is 0 Å². The molecule has 0 radical (unpaired) electrons. The molecule has 4 heteroatoms. The smallest absolute Gasteiger partial charge is 0.337 e. The summed E-state index contributed by atoms with van der Waals surface area (Å²) < 4.78 is 0.651. The van der Waals surface area contributed by atoms with Gasteiger partial charge in [-0.3, -0.25) is 0 Å². The maximum absolute atomic E-state index is 10.6. The monoisotopic (exact) mass is 258 g/mol. The summed E-state index contributed by atoms with van der Waals surface area (Å²) in [7, 11) is 0. The van der Waals surface area contributed by atoms with Crippen molar-refractivity contribution in [3.05, 3.63) is 33.3 Å². The minimum Gasteiger partial charge on any atom is -0.479 e. The molecule has 1 atom stereocenters. The van der Waals surface area contributed by atoms with Gasteiger partial charge >= 0.3 is 5.97 Å². The van der Waals surface area contributed by atoms with E-state index >= 15 is 0 Å². The first-order valence-corrected chi connectivity index (χ1v) is 4.90. The summed E-state index contributed by atoms with van der Waals surface area (Å²) in [6.45, 7) is 3.71. The lowest BCUT2D eigenvalue weighted by Crippen LogP contribution is -2.11. The Hall–Kier alpha value is -0.870. The van der Waals surface area contributed by atoms with E-state index in [2.05, 4.69) is 15.9 Å². The minimum atomic E-state index is -1.47. The summed E-state index contributed by atoms with van der Waals surface area (Å²) in [6, 6.07) is 3.58. The molecule has 0 amide bonds. The molecule has 2 N–H and O–H groups in total. The molecule has 14 heavy (non-hydrogen) atoms. The quantitative estimate of drug-likeness (QED) is 0.855. The van der Waals surface area contributed by atoms with Crippen LogP contribution in [-0.4, -0.2) is 16.2 Å². The Morgan fingerprint density at radius 3 is 2.50 bits per heavy atom. The highest BCUT2D eigenvalue weighted by Crippen LogP contribution is 2.28. The normalized spacial score (nSPS) is 12.6. The Morgan fingerprint density at radius 1 is 1.43 bits per heavy atom. The number of halogens is 1. The van der Waals surface area contributed by atoms with Gasteiger partial charge in [0.2, 0.25) is 0 Å². The maximum Gasteiger partial charge on any atom is 0.337 e. The Balaban J connectivity index is 3.26. The third-order valence-electron chi connectivity index (χ3n) is 1.96. The Bertz CT molecular complexity index is 374. The molecule has 1 aromatic carbocycles. The van der Waals surface area contributed by atoms with Crippen LogP contribution < -0.4 is 0 Å². The number of aliphatic hydroxyl groups excluding tert-OH is 1. The molecule has 0 aliphatic heterocycles. The van der Waals surface area contributed by atoms with Crippen LogP contribution in [0.25, 0.3) is 0 Å². The zero-order valence-corrected chi connectivity index (χ0v) is 9.50. The number of carboxylic acid groups (broad SMARTS) is 1. The second-order valence-corrected chi connectivity index (χ2v) is 4.02. The number of benzene rings is 1. The van der Waals surface area contributed by atoms with Crippen LogP contribution in [-0.2, 0) is 4.79 Å². The van der Waals surface area contributed by atoms with Crippen molar-refractivity contribution >= 4 is 21.9 Å². The van der Waals surface area contributed by atoms with E-state index in [0.717, 1.165) is 11.1 Å². The third kappa shape index (κ3) is 2.13. The van der Waals surface area contributed by atoms with Gasteiger partial charge in [-0.15, -0.1) is 0 Å². The molecule has 0 aliphatic carbocycles. The summed E-state index contributed by atoms with van der Waals surface area (Å²) in [5.41, 5.74) is 2.25. The number of carbonyl (C=O) groups is 1. The lowest BCUT2D eigenvalue weighted by atomic mass is 10.0.